The summed E-state index contributed by atoms with van der Waals surface area (Å²) in [5, 5.41) is 2.98. The minimum absolute atomic E-state index is 0.0415. The van der Waals surface area contributed by atoms with Gasteiger partial charge in [0.05, 0.1) is 12.4 Å². The van der Waals surface area contributed by atoms with Crippen LogP contribution < -0.4 is 5.32 Å². The minimum Gasteiger partial charge on any atom is -0.353 e. The lowest BCUT2D eigenvalue weighted by Crippen LogP contribution is -2.25. The molecule has 0 radical (unpaired) electrons. The Morgan fingerprint density at radius 2 is 1.94 bits per heavy atom. The fourth-order valence-corrected chi connectivity index (χ4v) is 4.82. The van der Waals surface area contributed by atoms with Crippen molar-refractivity contribution >= 4 is 5.91 Å². The highest BCUT2D eigenvalue weighted by Crippen LogP contribution is 2.45. The fourth-order valence-electron chi connectivity index (χ4n) is 4.82. The topological polar surface area (TPSA) is 46.9 Å². The number of hydrogen-bond acceptors (Lipinski definition) is 2. The molecular weight excluding hydrogens is 442 g/mol. The highest BCUT2D eigenvalue weighted by Gasteiger charge is 2.32. The summed E-state index contributed by atoms with van der Waals surface area (Å²) in [6.07, 6.45) is 22.2. The number of rotatable bonds is 10. The molecule has 1 heterocycles. The third-order valence-corrected chi connectivity index (χ3v) is 6.96. The molecule has 1 unspecified atom stereocenters. The molecule has 36 heavy (non-hydrogen) atoms. The largest absolute Gasteiger partial charge is 0.353 e. The SMILES string of the molecule is CC1=C(/C=C/C(C)=C/C=C/C(C)=C\C(=O)NCCCc2ccccc2)C(C)(C)CCC1n1ccnc1. The van der Waals surface area contributed by atoms with Gasteiger partial charge in [-0.2, -0.15) is 0 Å². The molecule has 0 fully saturated rings. The van der Waals surface area contributed by atoms with Crippen molar-refractivity contribution in [3.05, 3.63) is 113 Å². The molecule has 3 rings (SSSR count). The first-order valence-corrected chi connectivity index (χ1v) is 13.0. The molecule has 4 nitrogen and oxygen atoms in total. The summed E-state index contributed by atoms with van der Waals surface area (Å²) in [6.45, 7) is 11.7. The highest BCUT2D eigenvalue weighted by molar-refractivity contribution is 5.88. The summed E-state index contributed by atoms with van der Waals surface area (Å²) in [7, 11) is 0. The van der Waals surface area contributed by atoms with Gasteiger partial charge in [0, 0.05) is 25.0 Å². The normalized spacial score (nSPS) is 18.9. The fraction of sp³-hybridized carbons (Fsp3) is 0.375. The van der Waals surface area contributed by atoms with E-state index in [1.807, 2.05) is 49.8 Å². The van der Waals surface area contributed by atoms with Crippen LogP contribution in [0.15, 0.2) is 108 Å². The van der Waals surface area contributed by atoms with E-state index < -0.39 is 0 Å². The number of nitrogens with one attached hydrogen (secondary N) is 1. The third kappa shape index (κ3) is 8.08. The van der Waals surface area contributed by atoms with Gasteiger partial charge in [0.15, 0.2) is 0 Å². The third-order valence-electron chi connectivity index (χ3n) is 6.96. The molecule has 190 valence electrons. The summed E-state index contributed by atoms with van der Waals surface area (Å²) < 4.78 is 2.22. The van der Waals surface area contributed by atoms with E-state index in [9.17, 15) is 4.79 Å². The number of hydrogen-bond donors (Lipinski definition) is 1. The zero-order chi connectivity index (χ0) is 26.0. The van der Waals surface area contributed by atoms with Gasteiger partial charge >= 0.3 is 0 Å². The first-order chi connectivity index (χ1) is 17.3. The zero-order valence-electron chi connectivity index (χ0n) is 22.5. The monoisotopic (exact) mass is 483 g/mol. The lowest BCUT2D eigenvalue weighted by Gasteiger charge is -2.37. The quantitative estimate of drug-likeness (QED) is 0.219. The van der Waals surface area contributed by atoms with Crippen molar-refractivity contribution in [3.8, 4) is 0 Å². The van der Waals surface area contributed by atoms with Crippen molar-refractivity contribution < 1.29 is 4.79 Å². The van der Waals surface area contributed by atoms with E-state index in [-0.39, 0.29) is 11.3 Å². The van der Waals surface area contributed by atoms with E-state index in [0.717, 1.165) is 31.3 Å². The number of benzene rings is 1. The van der Waals surface area contributed by atoms with Crippen LogP contribution in [0, 0.1) is 5.41 Å². The Labute approximate surface area is 217 Å². The molecule has 4 heteroatoms. The van der Waals surface area contributed by atoms with Crippen LogP contribution in [0.25, 0.3) is 0 Å². The van der Waals surface area contributed by atoms with Crippen LogP contribution in [0.5, 0.6) is 0 Å². The van der Waals surface area contributed by atoms with Gasteiger partial charge in [0.1, 0.15) is 0 Å². The number of nitrogens with zero attached hydrogens (tertiary/aromatic N) is 2. The standard InChI is InChI=1S/C32H41N3O/c1-25(16-17-29-27(3)30(18-19-32(29,4)5)35-22-21-33-24-35)11-9-12-26(2)23-31(36)34-20-10-15-28-13-7-6-8-14-28/h6-9,11-14,16-17,21-24,30H,10,15,18-20H2,1-5H3,(H,34,36)/b12-9+,17-16+,25-11+,26-23-. The van der Waals surface area contributed by atoms with Crippen molar-refractivity contribution in [2.45, 2.75) is 66.3 Å². The highest BCUT2D eigenvalue weighted by atomic mass is 16.1. The summed E-state index contributed by atoms with van der Waals surface area (Å²) >= 11 is 0. The Balaban J connectivity index is 1.53. The molecule has 0 saturated heterocycles. The molecule has 1 aromatic carbocycles. The van der Waals surface area contributed by atoms with E-state index in [1.54, 1.807) is 6.08 Å². The molecule has 1 atom stereocenters. The number of aromatic nitrogens is 2. The summed E-state index contributed by atoms with van der Waals surface area (Å²) in [5.41, 5.74) is 6.38. The van der Waals surface area contributed by atoms with Crippen LogP contribution in [0.3, 0.4) is 0 Å². The molecular formula is C32H41N3O. The maximum Gasteiger partial charge on any atom is 0.244 e. The first-order valence-electron chi connectivity index (χ1n) is 13.0. The number of allylic oxidation sites excluding steroid dienone is 9. The second-order valence-electron chi connectivity index (χ2n) is 10.4. The Morgan fingerprint density at radius 1 is 1.17 bits per heavy atom. The average Bonchev–Trinajstić information content (AvgIpc) is 3.36. The van der Waals surface area contributed by atoms with Crippen molar-refractivity contribution in [1.82, 2.24) is 14.9 Å². The van der Waals surface area contributed by atoms with Crippen molar-refractivity contribution in [2.24, 2.45) is 5.41 Å². The molecule has 1 amide bonds. The first kappa shape index (κ1) is 27.2. The molecule has 0 saturated carbocycles. The number of carbonyl (C=O) groups excluding carboxylic acids is 1. The molecule has 2 aromatic rings. The zero-order valence-corrected chi connectivity index (χ0v) is 22.5. The van der Waals surface area contributed by atoms with Crippen molar-refractivity contribution in [2.75, 3.05) is 6.54 Å². The van der Waals surface area contributed by atoms with E-state index in [0.29, 0.717) is 12.6 Å². The predicted molar refractivity (Wildman–Crippen MR) is 151 cm³/mol. The summed E-state index contributed by atoms with van der Waals surface area (Å²) in [6, 6.07) is 10.7. The number of imidazole rings is 1. The van der Waals surface area contributed by atoms with E-state index in [4.69, 9.17) is 0 Å². The summed E-state index contributed by atoms with van der Waals surface area (Å²) in [4.78, 5) is 16.4. The second-order valence-corrected chi connectivity index (χ2v) is 10.4. The molecule has 0 aliphatic heterocycles. The van der Waals surface area contributed by atoms with Gasteiger partial charge in [-0.3, -0.25) is 4.79 Å². The van der Waals surface area contributed by atoms with Crippen LogP contribution in [0.2, 0.25) is 0 Å². The Kier molecular flexibility index (Phi) is 9.86. The van der Waals surface area contributed by atoms with E-state index >= 15 is 0 Å². The smallest absolute Gasteiger partial charge is 0.244 e. The van der Waals surface area contributed by atoms with Gasteiger partial charge in [-0.15, -0.1) is 0 Å². The molecule has 1 N–H and O–H groups in total. The van der Waals surface area contributed by atoms with Gasteiger partial charge in [-0.05, 0) is 74.2 Å². The van der Waals surface area contributed by atoms with Gasteiger partial charge in [0.25, 0.3) is 0 Å². The molecule has 1 aliphatic rings. The molecule has 1 aliphatic carbocycles. The lowest BCUT2D eigenvalue weighted by molar-refractivity contribution is -0.116. The van der Waals surface area contributed by atoms with Crippen molar-refractivity contribution in [3.63, 3.8) is 0 Å². The van der Waals surface area contributed by atoms with Crippen LogP contribution >= 0.6 is 0 Å². The molecule has 0 spiro atoms. The van der Waals surface area contributed by atoms with Gasteiger partial charge in [0.2, 0.25) is 5.91 Å². The van der Waals surface area contributed by atoms with Gasteiger partial charge in [-0.25, -0.2) is 4.98 Å². The Hall–Kier alpha value is -3.40. The predicted octanol–water partition coefficient (Wildman–Crippen LogP) is 7.31. The minimum atomic E-state index is -0.0415. The van der Waals surface area contributed by atoms with Crippen LogP contribution in [0.1, 0.15) is 65.5 Å². The average molecular weight is 484 g/mol. The van der Waals surface area contributed by atoms with Crippen LogP contribution in [0.4, 0.5) is 0 Å². The lowest BCUT2D eigenvalue weighted by atomic mass is 9.71. The van der Waals surface area contributed by atoms with Crippen LogP contribution in [-0.4, -0.2) is 22.0 Å². The number of carbonyl (C=O) groups is 1. The Morgan fingerprint density at radius 3 is 2.67 bits per heavy atom. The van der Waals surface area contributed by atoms with Crippen LogP contribution in [-0.2, 0) is 11.2 Å². The summed E-state index contributed by atoms with van der Waals surface area (Å²) in [5.74, 6) is -0.0415. The second kappa shape index (κ2) is 13.1. The van der Waals surface area contributed by atoms with E-state index in [1.165, 1.54) is 22.3 Å². The van der Waals surface area contributed by atoms with E-state index in [2.05, 4.69) is 79.1 Å². The molecule has 0 bridgehead atoms. The Bertz CT molecular complexity index is 1150. The number of aryl methyl sites for hydroxylation is 1. The number of amides is 1. The van der Waals surface area contributed by atoms with Crippen molar-refractivity contribution in [1.29, 1.82) is 0 Å². The maximum atomic E-state index is 12.2. The van der Waals surface area contributed by atoms with Gasteiger partial charge in [-0.1, -0.05) is 80.1 Å². The van der Waals surface area contributed by atoms with Gasteiger partial charge < -0.3 is 9.88 Å². The maximum absolute atomic E-state index is 12.2. The molecule has 1 aromatic heterocycles.